The Labute approximate surface area is 114 Å². The Balaban J connectivity index is 2.07. The highest BCUT2D eigenvalue weighted by Gasteiger charge is 2.75. The number of carbonyl (C=O) groups excluding carboxylic acids is 1. The first-order valence-electron chi connectivity index (χ1n) is 6.01. The average Bonchev–Trinajstić information content (AvgIpc) is 2.54. The molecule has 4 rings (SSSR count). The van der Waals surface area contributed by atoms with E-state index in [1.165, 1.54) is 6.92 Å². The van der Waals surface area contributed by atoms with Gasteiger partial charge >= 0.3 is 5.97 Å². The molecule has 4 fully saturated rings. The summed E-state index contributed by atoms with van der Waals surface area (Å²) in [5, 5.41) is 20.8. The molecule has 0 unspecified atom stereocenters. The van der Waals surface area contributed by atoms with E-state index in [-0.39, 0.29) is 12.3 Å². The highest BCUT2D eigenvalue weighted by Crippen LogP contribution is 2.60. The molecule has 0 amide bonds. The average molecular weight is 291 g/mol. The first-order valence-corrected chi connectivity index (χ1v) is 6.55. The maximum absolute atomic E-state index is 11.2. The van der Waals surface area contributed by atoms with Crippen LogP contribution in [0.1, 0.15) is 13.3 Å². The van der Waals surface area contributed by atoms with E-state index in [0.29, 0.717) is 5.57 Å². The molecule has 0 aromatic heterocycles. The van der Waals surface area contributed by atoms with E-state index in [1.54, 1.807) is 0 Å². The van der Waals surface area contributed by atoms with Gasteiger partial charge in [0.25, 0.3) is 0 Å². The Morgan fingerprint density at radius 1 is 1.68 bits per heavy atom. The molecular formula is C12H15ClO6. The molecule has 3 saturated heterocycles. The van der Waals surface area contributed by atoms with Crippen LogP contribution in [-0.4, -0.2) is 51.9 Å². The van der Waals surface area contributed by atoms with Crippen molar-refractivity contribution < 1.29 is 29.2 Å². The van der Waals surface area contributed by atoms with Gasteiger partial charge in [0.1, 0.15) is 17.3 Å². The Morgan fingerprint density at radius 2 is 2.37 bits per heavy atom. The third-order valence-electron chi connectivity index (χ3n) is 4.31. The van der Waals surface area contributed by atoms with Gasteiger partial charge in [0.15, 0.2) is 12.6 Å². The minimum atomic E-state index is -1.39. The van der Waals surface area contributed by atoms with Crippen molar-refractivity contribution in [1.29, 1.82) is 0 Å². The van der Waals surface area contributed by atoms with E-state index in [9.17, 15) is 15.0 Å². The molecule has 0 aromatic carbocycles. The summed E-state index contributed by atoms with van der Waals surface area (Å²) < 4.78 is 16.1. The molecule has 6 atom stereocenters. The second-order valence-corrected chi connectivity index (χ2v) is 5.56. The van der Waals surface area contributed by atoms with Gasteiger partial charge in [0.05, 0.1) is 11.8 Å². The SMILES string of the molecule is C=C1[C@@H]2O[C@H](O)[C@H]3[C@@](CCl)(O2)[C@H](OC(C)=O)C[C@@]13O. The van der Waals surface area contributed by atoms with Gasteiger partial charge in [-0.1, -0.05) is 6.58 Å². The number of rotatable bonds is 2. The number of fused-ring (bicyclic) bond motifs is 1. The first kappa shape index (κ1) is 13.3. The van der Waals surface area contributed by atoms with Gasteiger partial charge in [-0.25, -0.2) is 0 Å². The molecule has 1 saturated carbocycles. The van der Waals surface area contributed by atoms with E-state index in [4.69, 9.17) is 25.8 Å². The van der Waals surface area contributed by atoms with Crippen LogP contribution in [0.25, 0.3) is 0 Å². The van der Waals surface area contributed by atoms with Gasteiger partial charge < -0.3 is 24.4 Å². The molecule has 4 aliphatic rings. The Hall–Kier alpha value is -0.660. The summed E-state index contributed by atoms with van der Waals surface area (Å²) in [4.78, 5) is 11.2. The summed E-state index contributed by atoms with van der Waals surface area (Å²) in [5.41, 5.74) is -2.21. The number of hydrogen-bond donors (Lipinski definition) is 2. The van der Waals surface area contributed by atoms with Crippen LogP contribution in [0.2, 0.25) is 0 Å². The predicted octanol–water partition coefficient (Wildman–Crippen LogP) is -0.0922. The standard InChI is InChI=1S/C12H15ClO6/c1-5-10-18-9(15)8-11(5,16)3-7(17-6(2)14)12(8,4-13)19-10/h7-10,15-16H,1,3-4H2,2H3/t7-,8-,9+,10-,11-,12+/m1/s1. The molecule has 3 heterocycles. The number of alkyl halides is 1. The molecule has 2 N–H and O–H groups in total. The molecule has 4 bridgehead atoms. The highest BCUT2D eigenvalue weighted by atomic mass is 35.5. The maximum Gasteiger partial charge on any atom is 0.303 e. The molecular weight excluding hydrogens is 276 g/mol. The summed E-state index contributed by atoms with van der Waals surface area (Å²) in [6.07, 6.45) is -2.81. The number of carbonyl (C=O) groups is 1. The smallest absolute Gasteiger partial charge is 0.303 e. The largest absolute Gasteiger partial charge is 0.459 e. The van der Waals surface area contributed by atoms with Crippen LogP contribution in [0.15, 0.2) is 12.2 Å². The lowest BCUT2D eigenvalue weighted by molar-refractivity contribution is -0.380. The molecule has 6 nitrogen and oxygen atoms in total. The van der Waals surface area contributed by atoms with Crippen molar-refractivity contribution in [2.45, 2.75) is 43.2 Å². The van der Waals surface area contributed by atoms with Crippen molar-refractivity contribution in [3.05, 3.63) is 12.2 Å². The van der Waals surface area contributed by atoms with Crippen molar-refractivity contribution in [2.75, 3.05) is 5.88 Å². The summed E-state index contributed by atoms with van der Waals surface area (Å²) in [5.74, 6) is -1.34. The fraction of sp³-hybridized carbons (Fsp3) is 0.750. The molecule has 1 aliphatic carbocycles. The van der Waals surface area contributed by atoms with E-state index in [0.717, 1.165) is 0 Å². The van der Waals surface area contributed by atoms with Crippen molar-refractivity contribution in [3.8, 4) is 0 Å². The van der Waals surface area contributed by atoms with Crippen molar-refractivity contribution in [2.24, 2.45) is 5.92 Å². The quantitative estimate of drug-likeness (QED) is 0.420. The topological polar surface area (TPSA) is 85.2 Å². The van der Waals surface area contributed by atoms with Crippen molar-refractivity contribution in [3.63, 3.8) is 0 Å². The van der Waals surface area contributed by atoms with Crippen LogP contribution in [-0.2, 0) is 19.0 Å². The molecule has 0 spiro atoms. The zero-order valence-electron chi connectivity index (χ0n) is 10.3. The number of ether oxygens (including phenoxy) is 3. The minimum absolute atomic E-state index is 0.0257. The van der Waals surface area contributed by atoms with Crippen LogP contribution in [0.5, 0.6) is 0 Å². The lowest BCUT2D eigenvalue weighted by Gasteiger charge is -2.55. The van der Waals surface area contributed by atoms with Crippen molar-refractivity contribution in [1.82, 2.24) is 0 Å². The highest BCUT2D eigenvalue weighted by molar-refractivity contribution is 6.18. The Kier molecular flexibility index (Phi) is 2.75. The van der Waals surface area contributed by atoms with Gasteiger partial charge in [-0.3, -0.25) is 4.79 Å². The number of esters is 1. The fourth-order valence-electron chi connectivity index (χ4n) is 3.48. The number of aliphatic hydroxyl groups is 2. The maximum atomic E-state index is 11.2. The van der Waals surface area contributed by atoms with Gasteiger partial charge in [0, 0.05) is 18.9 Å². The van der Waals surface area contributed by atoms with E-state index in [1.807, 2.05) is 0 Å². The third kappa shape index (κ3) is 1.49. The van der Waals surface area contributed by atoms with E-state index >= 15 is 0 Å². The van der Waals surface area contributed by atoms with Crippen molar-refractivity contribution >= 4 is 17.6 Å². The van der Waals surface area contributed by atoms with E-state index < -0.39 is 41.8 Å². The molecule has 106 valence electrons. The molecule has 0 radical (unpaired) electrons. The minimum Gasteiger partial charge on any atom is -0.459 e. The zero-order valence-corrected chi connectivity index (χ0v) is 11.1. The van der Waals surface area contributed by atoms with Crippen LogP contribution < -0.4 is 0 Å². The molecule has 19 heavy (non-hydrogen) atoms. The summed E-state index contributed by atoms with van der Waals surface area (Å²) in [7, 11) is 0. The summed E-state index contributed by atoms with van der Waals surface area (Å²) >= 11 is 5.99. The fourth-order valence-corrected chi connectivity index (χ4v) is 3.88. The van der Waals surface area contributed by atoms with Gasteiger partial charge in [-0.15, -0.1) is 11.6 Å². The summed E-state index contributed by atoms with van der Waals surface area (Å²) in [6, 6.07) is 0. The normalized spacial score (nSPS) is 51.5. The molecule has 3 aliphatic heterocycles. The third-order valence-corrected chi connectivity index (χ3v) is 4.73. The first-order chi connectivity index (χ1) is 8.85. The summed E-state index contributed by atoms with van der Waals surface area (Å²) in [6.45, 7) is 5.04. The van der Waals surface area contributed by atoms with Crippen LogP contribution in [0.4, 0.5) is 0 Å². The van der Waals surface area contributed by atoms with Crippen LogP contribution in [0.3, 0.4) is 0 Å². The van der Waals surface area contributed by atoms with Crippen LogP contribution >= 0.6 is 11.6 Å². The van der Waals surface area contributed by atoms with Gasteiger partial charge in [-0.05, 0) is 0 Å². The van der Waals surface area contributed by atoms with Gasteiger partial charge in [-0.2, -0.15) is 0 Å². The Morgan fingerprint density at radius 3 is 2.95 bits per heavy atom. The van der Waals surface area contributed by atoms with E-state index in [2.05, 4.69) is 6.58 Å². The monoisotopic (exact) mass is 290 g/mol. The number of aliphatic hydroxyl groups excluding tert-OH is 1. The predicted molar refractivity (Wildman–Crippen MR) is 63.2 cm³/mol. The Bertz CT molecular complexity index is 454. The molecule has 7 heteroatoms. The second-order valence-electron chi connectivity index (χ2n) is 5.29. The second kappa shape index (κ2) is 3.93. The van der Waals surface area contributed by atoms with Crippen LogP contribution in [0, 0.1) is 5.92 Å². The zero-order chi connectivity index (χ0) is 14.0. The lowest BCUT2D eigenvalue weighted by atomic mass is 9.74. The van der Waals surface area contributed by atoms with Gasteiger partial charge in [0.2, 0.25) is 0 Å². The number of hydrogen-bond acceptors (Lipinski definition) is 6. The lowest BCUT2D eigenvalue weighted by Crippen LogP contribution is -2.68. The number of halogens is 1. The molecule has 0 aromatic rings.